The van der Waals surface area contributed by atoms with Crippen molar-refractivity contribution in [3.05, 3.63) is 70.3 Å². The Morgan fingerprint density at radius 2 is 1.56 bits per heavy atom. The summed E-state index contributed by atoms with van der Waals surface area (Å²) < 4.78 is 101. The van der Waals surface area contributed by atoms with Gasteiger partial charge in [-0.25, -0.2) is 22.0 Å². The van der Waals surface area contributed by atoms with Gasteiger partial charge in [-0.05, 0) is 61.3 Å². The van der Waals surface area contributed by atoms with Crippen molar-refractivity contribution in [1.29, 1.82) is 0 Å². The zero-order valence-electron chi connectivity index (χ0n) is 17.6. The summed E-state index contributed by atoms with van der Waals surface area (Å²) >= 11 is 0. The lowest BCUT2D eigenvalue weighted by Crippen LogP contribution is -2.27. The van der Waals surface area contributed by atoms with Gasteiger partial charge in [-0.3, -0.25) is 0 Å². The molecule has 0 radical (unpaired) electrons. The third-order valence-corrected chi connectivity index (χ3v) is 6.11. The second-order valence-electron chi connectivity index (χ2n) is 8.37. The van der Waals surface area contributed by atoms with Gasteiger partial charge >= 0.3 is 6.11 Å². The minimum Gasteiger partial charge on any atom is -0.313 e. The van der Waals surface area contributed by atoms with Gasteiger partial charge in [-0.2, -0.15) is 8.78 Å². The normalized spacial score (nSPS) is 20.4. The zero-order valence-corrected chi connectivity index (χ0v) is 17.6. The molecule has 0 aliphatic heterocycles. The standard InChI is InChI=1S/C24H25F7O/c1-2-3-14-4-6-15(7-5-14)16-8-9-17(19(25)10-16)13-32-24(30,31)23(29)18-11-20(26)22(28)21(27)12-18/h8-12,14-15,23H,2-7,13H2,1H3. The molecule has 0 spiro atoms. The second-order valence-corrected chi connectivity index (χ2v) is 8.37. The molecule has 0 heterocycles. The van der Waals surface area contributed by atoms with Crippen LogP contribution >= 0.6 is 0 Å². The minimum absolute atomic E-state index is 0.130. The largest absolute Gasteiger partial charge is 0.391 e. The fourth-order valence-electron chi connectivity index (χ4n) is 4.29. The first-order valence-electron chi connectivity index (χ1n) is 10.7. The molecule has 8 heteroatoms. The van der Waals surface area contributed by atoms with Crippen molar-refractivity contribution < 1.29 is 35.5 Å². The molecule has 1 aliphatic rings. The Bertz CT molecular complexity index is 900. The Labute approximate surface area is 182 Å². The Morgan fingerprint density at radius 3 is 2.12 bits per heavy atom. The number of alkyl halides is 3. The molecule has 1 fully saturated rings. The van der Waals surface area contributed by atoms with Crippen LogP contribution in [0.4, 0.5) is 30.7 Å². The summed E-state index contributed by atoms with van der Waals surface area (Å²) in [5, 5.41) is 0. The number of halogens is 7. The maximum absolute atomic E-state index is 14.5. The van der Waals surface area contributed by atoms with Gasteiger partial charge in [0.15, 0.2) is 17.5 Å². The van der Waals surface area contributed by atoms with E-state index >= 15 is 0 Å². The average Bonchev–Trinajstić information content (AvgIpc) is 2.76. The Balaban J connectivity index is 1.63. The molecule has 0 aromatic heterocycles. The molecule has 32 heavy (non-hydrogen) atoms. The van der Waals surface area contributed by atoms with E-state index < -0.39 is 47.7 Å². The zero-order chi connectivity index (χ0) is 23.5. The Morgan fingerprint density at radius 1 is 0.938 bits per heavy atom. The highest BCUT2D eigenvalue weighted by Crippen LogP contribution is 2.39. The van der Waals surface area contributed by atoms with Crippen LogP contribution in [0.25, 0.3) is 0 Å². The fraction of sp³-hybridized carbons (Fsp3) is 0.500. The summed E-state index contributed by atoms with van der Waals surface area (Å²) in [6, 6.07) is 4.53. The lowest BCUT2D eigenvalue weighted by atomic mass is 9.77. The summed E-state index contributed by atoms with van der Waals surface area (Å²) in [6.07, 6.45) is -1.46. The van der Waals surface area contributed by atoms with Gasteiger partial charge in [-0.15, -0.1) is 0 Å². The van der Waals surface area contributed by atoms with Crippen LogP contribution in [0.3, 0.4) is 0 Å². The fourth-order valence-corrected chi connectivity index (χ4v) is 4.29. The van der Waals surface area contributed by atoms with Crippen LogP contribution in [0.5, 0.6) is 0 Å². The molecule has 0 saturated heterocycles. The van der Waals surface area contributed by atoms with E-state index in [-0.39, 0.29) is 23.6 Å². The van der Waals surface area contributed by atoms with E-state index in [1.54, 1.807) is 6.07 Å². The molecular weight excluding hydrogens is 437 g/mol. The van der Waals surface area contributed by atoms with Crippen LogP contribution in [-0.2, 0) is 11.3 Å². The lowest BCUT2D eigenvalue weighted by molar-refractivity contribution is -0.282. The van der Waals surface area contributed by atoms with Crippen molar-refractivity contribution in [3.8, 4) is 0 Å². The maximum Gasteiger partial charge on any atom is 0.391 e. The molecule has 0 amide bonds. The summed E-state index contributed by atoms with van der Waals surface area (Å²) in [4.78, 5) is 0. The molecule has 176 valence electrons. The molecule has 1 unspecified atom stereocenters. The van der Waals surface area contributed by atoms with Gasteiger partial charge in [-0.1, -0.05) is 31.9 Å². The smallest absolute Gasteiger partial charge is 0.313 e. The van der Waals surface area contributed by atoms with E-state index in [0.29, 0.717) is 5.92 Å². The summed E-state index contributed by atoms with van der Waals surface area (Å²) in [5.41, 5.74) is -0.536. The van der Waals surface area contributed by atoms with Crippen LogP contribution in [0.2, 0.25) is 0 Å². The van der Waals surface area contributed by atoms with E-state index in [0.717, 1.165) is 37.7 Å². The average molecular weight is 462 g/mol. The van der Waals surface area contributed by atoms with Crippen molar-refractivity contribution >= 4 is 0 Å². The summed E-state index contributed by atoms with van der Waals surface area (Å²) in [7, 11) is 0. The van der Waals surface area contributed by atoms with E-state index in [1.807, 2.05) is 0 Å². The van der Waals surface area contributed by atoms with Crippen molar-refractivity contribution in [2.75, 3.05) is 0 Å². The quantitative estimate of drug-likeness (QED) is 0.284. The third kappa shape index (κ3) is 5.63. The molecule has 0 N–H and O–H groups in total. The minimum atomic E-state index is -4.51. The number of ether oxygens (including phenoxy) is 1. The third-order valence-electron chi connectivity index (χ3n) is 6.11. The Hall–Kier alpha value is -2.09. The van der Waals surface area contributed by atoms with Crippen molar-refractivity contribution in [1.82, 2.24) is 0 Å². The molecular formula is C24H25F7O. The van der Waals surface area contributed by atoms with E-state index in [2.05, 4.69) is 11.7 Å². The molecule has 0 bridgehead atoms. The topological polar surface area (TPSA) is 9.23 Å². The lowest BCUT2D eigenvalue weighted by Gasteiger charge is -2.29. The first-order valence-corrected chi connectivity index (χ1v) is 10.7. The van der Waals surface area contributed by atoms with Crippen LogP contribution in [0, 0.1) is 29.2 Å². The SMILES string of the molecule is CCCC1CCC(c2ccc(COC(F)(F)C(F)c3cc(F)c(F)c(F)c3)c(F)c2)CC1. The van der Waals surface area contributed by atoms with E-state index in [4.69, 9.17) is 0 Å². The predicted octanol–water partition coefficient (Wildman–Crippen LogP) is 8.14. The molecule has 2 aromatic carbocycles. The van der Waals surface area contributed by atoms with Crippen LogP contribution < -0.4 is 0 Å². The molecule has 3 rings (SSSR count). The highest BCUT2D eigenvalue weighted by Gasteiger charge is 2.43. The predicted molar refractivity (Wildman–Crippen MR) is 106 cm³/mol. The number of hydrogen-bond donors (Lipinski definition) is 0. The maximum atomic E-state index is 14.5. The number of benzene rings is 2. The van der Waals surface area contributed by atoms with Crippen LogP contribution in [0.15, 0.2) is 30.3 Å². The summed E-state index contributed by atoms with van der Waals surface area (Å²) in [5.74, 6) is -5.36. The highest BCUT2D eigenvalue weighted by atomic mass is 19.3. The first kappa shape index (κ1) is 24.6. The molecule has 2 aromatic rings. The molecule has 1 nitrogen and oxygen atoms in total. The van der Waals surface area contributed by atoms with Crippen LogP contribution in [0.1, 0.15) is 74.2 Å². The van der Waals surface area contributed by atoms with Crippen LogP contribution in [-0.4, -0.2) is 6.11 Å². The molecule has 1 aliphatic carbocycles. The summed E-state index contributed by atoms with van der Waals surface area (Å²) in [6.45, 7) is 1.20. The van der Waals surface area contributed by atoms with Gasteiger partial charge in [0, 0.05) is 11.1 Å². The number of hydrogen-bond acceptors (Lipinski definition) is 1. The monoisotopic (exact) mass is 462 g/mol. The van der Waals surface area contributed by atoms with Gasteiger partial charge in [0.2, 0.25) is 6.17 Å². The molecule has 1 atom stereocenters. The highest BCUT2D eigenvalue weighted by molar-refractivity contribution is 5.27. The van der Waals surface area contributed by atoms with E-state index in [9.17, 15) is 30.7 Å². The number of rotatable bonds is 8. The second kappa shape index (κ2) is 10.2. The van der Waals surface area contributed by atoms with Crippen molar-refractivity contribution in [3.63, 3.8) is 0 Å². The molecule has 1 saturated carbocycles. The van der Waals surface area contributed by atoms with Crippen molar-refractivity contribution in [2.45, 2.75) is 70.3 Å². The van der Waals surface area contributed by atoms with Gasteiger partial charge in [0.25, 0.3) is 0 Å². The first-order chi connectivity index (χ1) is 15.1. The van der Waals surface area contributed by atoms with Gasteiger partial charge in [0.05, 0.1) is 6.61 Å². The van der Waals surface area contributed by atoms with Crippen molar-refractivity contribution in [2.24, 2.45) is 5.92 Å². The Kier molecular flexibility index (Phi) is 7.85. The van der Waals surface area contributed by atoms with E-state index in [1.165, 1.54) is 18.6 Å². The van der Waals surface area contributed by atoms with Gasteiger partial charge in [0.1, 0.15) is 5.82 Å². The van der Waals surface area contributed by atoms with Gasteiger partial charge < -0.3 is 4.74 Å².